The summed E-state index contributed by atoms with van der Waals surface area (Å²) in [4.78, 5) is 11.0. The molecule has 0 saturated heterocycles. The van der Waals surface area contributed by atoms with Crippen LogP contribution in [0.1, 0.15) is 11.1 Å². The second-order valence-corrected chi connectivity index (χ2v) is 4.58. The summed E-state index contributed by atoms with van der Waals surface area (Å²) in [5, 5.41) is 2.98. The van der Waals surface area contributed by atoms with Crippen LogP contribution in [0.3, 0.4) is 0 Å². The molecule has 4 N–H and O–H groups in total. The van der Waals surface area contributed by atoms with Gasteiger partial charge in [0.1, 0.15) is 6.61 Å². The molecule has 5 nitrogen and oxygen atoms in total. The van der Waals surface area contributed by atoms with Crippen LogP contribution >= 0.6 is 0 Å². The van der Waals surface area contributed by atoms with Gasteiger partial charge < -0.3 is 10.1 Å². The molecule has 0 atom stereocenters. The minimum absolute atomic E-state index is 0.0349. The molecule has 0 aliphatic heterocycles. The number of hydrogen-bond donors (Lipinski definition) is 3. The van der Waals surface area contributed by atoms with Gasteiger partial charge in [-0.25, -0.2) is 10.6 Å². The summed E-state index contributed by atoms with van der Waals surface area (Å²) in [5.41, 5.74) is 2.85. The number of nitrogens with one attached hydrogen (secondary N) is 2. The summed E-state index contributed by atoms with van der Waals surface area (Å²) >= 11 is 0. The summed E-state index contributed by atoms with van der Waals surface area (Å²) in [6.45, 7) is -0.0349. The Morgan fingerprint density at radius 1 is 1.09 bits per heavy atom. The highest BCUT2D eigenvalue weighted by Crippen LogP contribution is 2.30. The molecule has 0 saturated carbocycles. The zero-order valence-corrected chi connectivity index (χ0v) is 11.9. The Bertz CT molecular complexity index is 672. The SMILES string of the molecule is NNC(=O)OCc1ccccc1Nc1ccc(C(F)(F)F)cc1. The largest absolute Gasteiger partial charge is 0.444 e. The van der Waals surface area contributed by atoms with Gasteiger partial charge in [-0.1, -0.05) is 18.2 Å². The van der Waals surface area contributed by atoms with Gasteiger partial charge in [-0.3, -0.25) is 5.43 Å². The van der Waals surface area contributed by atoms with Crippen LogP contribution in [0.4, 0.5) is 29.3 Å². The highest BCUT2D eigenvalue weighted by atomic mass is 19.4. The topological polar surface area (TPSA) is 76.4 Å². The van der Waals surface area contributed by atoms with Gasteiger partial charge >= 0.3 is 12.3 Å². The van der Waals surface area contributed by atoms with Crippen LogP contribution in [0, 0.1) is 0 Å². The maximum Gasteiger partial charge on any atom is 0.421 e. The molecule has 122 valence electrons. The van der Waals surface area contributed by atoms with Gasteiger partial charge in [-0.05, 0) is 30.3 Å². The van der Waals surface area contributed by atoms with E-state index in [1.165, 1.54) is 12.1 Å². The van der Waals surface area contributed by atoms with Crippen molar-refractivity contribution in [3.63, 3.8) is 0 Å². The number of hydrogen-bond acceptors (Lipinski definition) is 4. The Morgan fingerprint density at radius 2 is 1.74 bits per heavy atom. The minimum atomic E-state index is -4.38. The van der Waals surface area contributed by atoms with E-state index >= 15 is 0 Å². The first-order chi connectivity index (χ1) is 10.9. The van der Waals surface area contributed by atoms with Gasteiger partial charge in [-0.2, -0.15) is 13.2 Å². The van der Waals surface area contributed by atoms with Crippen LogP contribution in [0.2, 0.25) is 0 Å². The number of rotatable bonds is 4. The zero-order valence-electron chi connectivity index (χ0n) is 11.9. The molecule has 0 bridgehead atoms. The summed E-state index contributed by atoms with van der Waals surface area (Å²) in [7, 11) is 0. The second-order valence-electron chi connectivity index (χ2n) is 4.58. The molecular weight excluding hydrogens is 311 g/mol. The third kappa shape index (κ3) is 4.62. The molecule has 0 radical (unpaired) electrons. The summed E-state index contributed by atoms with van der Waals surface area (Å²) in [6, 6.07) is 11.6. The highest BCUT2D eigenvalue weighted by molar-refractivity contribution is 5.67. The predicted molar refractivity (Wildman–Crippen MR) is 78.7 cm³/mol. The Balaban J connectivity index is 2.12. The highest BCUT2D eigenvalue weighted by Gasteiger charge is 2.29. The van der Waals surface area contributed by atoms with E-state index in [4.69, 9.17) is 10.6 Å². The fourth-order valence-corrected chi connectivity index (χ4v) is 1.85. The Kier molecular flexibility index (Phi) is 5.07. The zero-order chi connectivity index (χ0) is 16.9. The lowest BCUT2D eigenvalue weighted by atomic mass is 10.1. The van der Waals surface area contributed by atoms with Crippen molar-refractivity contribution in [2.45, 2.75) is 12.8 Å². The van der Waals surface area contributed by atoms with E-state index in [-0.39, 0.29) is 6.61 Å². The molecule has 0 aliphatic carbocycles. The fourth-order valence-electron chi connectivity index (χ4n) is 1.85. The Labute approximate surface area is 130 Å². The molecule has 8 heteroatoms. The van der Waals surface area contributed by atoms with Gasteiger partial charge in [0.15, 0.2) is 0 Å². The van der Waals surface area contributed by atoms with Crippen LogP contribution in [-0.2, 0) is 17.5 Å². The Hall–Kier alpha value is -2.74. The van der Waals surface area contributed by atoms with Gasteiger partial charge in [-0.15, -0.1) is 0 Å². The molecule has 0 aliphatic rings. The van der Waals surface area contributed by atoms with E-state index in [9.17, 15) is 18.0 Å². The number of carbonyl (C=O) groups excluding carboxylic acids is 1. The lowest BCUT2D eigenvalue weighted by Crippen LogP contribution is -2.30. The number of para-hydroxylation sites is 1. The van der Waals surface area contributed by atoms with E-state index in [0.29, 0.717) is 16.9 Å². The standard InChI is InChI=1S/C15H14F3N3O2/c16-15(17,18)11-5-7-12(8-6-11)20-13-4-2-1-3-10(13)9-23-14(22)21-19/h1-8,20H,9,19H2,(H,21,22). The van der Waals surface area contributed by atoms with E-state index in [0.717, 1.165) is 12.1 Å². The van der Waals surface area contributed by atoms with E-state index in [1.807, 2.05) is 5.43 Å². The van der Waals surface area contributed by atoms with Crippen LogP contribution in [0.5, 0.6) is 0 Å². The average Bonchev–Trinajstić information content (AvgIpc) is 2.53. The number of nitrogens with two attached hydrogens (primary N) is 1. The van der Waals surface area contributed by atoms with Crippen LogP contribution in [0.15, 0.2) is 48.5 Å². The van der Waals surface area contributed by atoms with Crippen molar-refractivity contribution in [3.05, 3.63) is 59.7 Å². The molecule has 0 spiro atoms. The molecule has 0 fully saturated rings. The number of amides is 1. The summed E-state index contributed by atoms with van der Waals surface area (Å²) < 4.78 is 42.5. The van der Waals surface area contributed by atoms with E-state index in [1.54, 1.807) is 24.3 Å². The molecule has 0 unspecified atom stereocenters. The Morgan fingerprint density at radius 3 is 2.35 bits per heavy atom. The lowest BCUT2D eigenvalue weighted by Gasteiger charge is -2.13. The molecule has 2 aromatic rings. The van der Waals surface area contributed by atoms with Gasteiger partial charge in [0.05, 0.1) is 5.56 Å². The number of alkyl halides is 3. The smallest absolute Gasteiger partial charge is 0.421 e. The molecule has 23 heavy (non-hydrogen) atoms. The van der Waals surface area contributed by atoms with Crippen molar-refractivity contribution in [1.82, 2.24) is 5.43 Å². The van der Waals surface area contributed by atoms with Crippen LogP contribution in [0.25, 0.3) is 0 Å². The molecule has 2 rings (SSSR count). The van der Waals surface area contributed by atoms with E-state index < -0.39 is 17.8 Å². The van der Waals surface area contributed by atoms with Gasteiger partial charge in [0.2, 0.25) is 0 Å². The average molecular weight is 325 g/mol. The second kappa shape index (κ2) is 7.01. The molecular formula is C15H14F3N3O2. The monoisotopic (exact) mass is 325 g/mol. The van der Waals surface area contributed by atoms with Gasteiger partial charge in [0, 0.05) is 16.9 Å². The number of ether oxygens (including phenoxy) is 1. The van der Waals surface area contributed by atoms with Crippen molar-refractivity contribution < 1.29 is 22.7 Å². The third-order valence-corrected chi connectivity index (χ3v) is 2.99. The number of anilines is 2. The van der Waals surface area contributed by atoms with Crippen LogP contribution < -0.4 is 16.6 Å². The van der Waals surface area contributed by atoms with Crippen molar-refractivity contribution in [2.75, 3.05) is 5.32 Å². The quantitative estimate of drug-likeness (QED) is 0.456. The lowest BCUT2D eigenvalue weighted by molar-refractivity contribution is -0.137. The first kappa shape index (κ1) is 16.6. The normalized spacial score (nSPS) is 11.0. The number of carbonyl (C=O) groups is 1. The number of benzene rings is 2. The predicted octanol–water partition coefficient (Wildman–Crippen LogP) is 3.55. The molecule has 2 aromatic carbocycles. The van der Waals surface area contributed by atoms with Crippen molar-refractivity contribution in [2.24, 2.45) is 5.84 Å². The third-order valence-electron chi connectivity index (χ3n) is 2.99. The van der Waals surface area contributed by atoms with E-state index in [2.05, 4.69) is 5.32 Å². The number of halogens is 3. The van der Waals surface area contributed by atoms with Crippen molar-refractivity contribution in [1.29, 1.82) is 0 Å². The molecule has 0 aromatic heterocycles. The fraction of sp³-hybridized carbons (Fsp3) is 0.133. The van der Waals surface area contributed by atoms with Crippen molar-refractivity contribution >= 4 is 17.5 Å². The maximum absolute atomic E-state index is 12.5. The molecule has 1 amide bonds. The summed E-state index contributed by atoms with van der Waals surface area (Å²) in [5.74, 6) is 4.92. The van der Waals surface area contributed by atoms with Crippen LogP contribution in [-0.4, -0.2) is 6.09 Å². The number of hydrazine groups is 1. The minimum Gasteiger partial charge on any atom is -0.444 e. The van der Waals surface area contributed by atoms with Crippen molar-refractivity contribution in [3.8, 4) is 0 Å². The first-order valence-electron chi connectivity index (χ1n) is 6.55. The first-order valence-corrected chi connectivity index (χ1v) is 6.55. The summed E-state index contributed by atoms with van der Waals surface area (Å²) in [6.07, 6.45) is -5.16. The van der Waals surface area contributed by atoms with Gasteiger partial charge in [0.25, 0.3) is 0 Å². The molecule has 0 heterocycles. The maximum atomic E-state index is 12.5.